The van der Waals surface area contributed by atoms with Crippen molar-refractivity contribution in [2.24, 2.45) is 0 Å². The summed E-state index contributed by atoms with van der Waals surface area (Å²) in [5, 5.41) is 6.29. The van der Waals surface area contributed by atoms with E-state index in [0.29, 0.717) is 12.6 Å². The van der Waals surface area contributed by atoms with E-state index in [0.717, 1.165) is 38.8 Å². The molecule has 5 heteroatoms. The van der Waals surface area contributed by atoms with Crippen LogP contribution in [-0.4, -0.2) is 43.0 Å². The minimum atomic E-state index is -0.444. The number of hydrogen-bond donors (Lipinski definition) is 2. The van der Waals surface area contributed by atoms with Crippen LogP contribution in [0, 0.1) is 0 Å². The van der Waals surface area contributed by atoms with Crippen LogP contribution in [0.3, 0.4) is 0 Å². The first kappa shape index (κ1) is 18.2. The standard InChI is InChI=1S/C16H32N2O3/c1-6-16(7-2)12-13(8-11-20-16)17-9-10-18-14(19)21-15(3,4)5/h13,17H,6-12H2,1-5H3,(H,18,19). The Labute approximate surface area is 129 Å². The van der Waals surface area contributed by atoms with Crippen LogP contribution in [0.25, 0.3) is 0 Å². The van der Waals surface area contributed by atoms with Crippen LogP contribution in [0.4, 0.5) is 4.79 Å². The number of amides is 1. The Hall–Kier alpha value is -0.810. The highest BCUT2D eigenvalue weighted by Gasteiger charge is 2.34. The third kappa shape index (κ3) is 6.66. The molecule has 0 saturated carbocycles. The Morgan fingerprint density at radius 2 is 1.95 bits per heavy atom. The predicted octanol–water partition coefficient (Wildman–Crippen LogP) is 2.84. The van der Waals surface area contributed by atoms with E-state index in [2.05, 4.69) is 24.5 Å². The van der Waals surface area contributed by atoms with Crippen LogP contribution in [0.2, 0.25) is 0 Å². The fraction of sp³-hybridized carbons (Fsp3) is 0.938. The SMILES string of the molecule is CCC1(CC)CC(NCCNC(=O)OC(C)(C)C)CCO1. The van der Waals surface area contributed by atoms with Crippen molar-refractivity contribution in [3.63, 3.8) is 0 Å². The summed E-state index contributed by atoms with van der Waals surface area (Å²) in [6.45, 7) is 12.1. The molecule has 0 aromatic rings. The molecule has 1 amide bonds. The number of rotatable bonds is 6. The number of ether oxygens (including phenoxy) is 2. The first-order valence-corrected chi connectivity index (χ1v) is 8.14. The smallest absolute Gasteiger partial charge is 0.407 e. The van der Waals surface area contributed by atoms with Gasteiger partial charge in [0.1, 0.15) is 5.60 Å². The second kappa shape index (κ2) is 7.99. The molecule has 1 fully saturated rings. The highest BCUT2D eigenvalue weighted by molar-refractivity contribution is 5.67. The molecule has 0 aromatic carbocycles. The monoisotopic (exact) mass is 300 g/mol. The molecule has 0 bridgehead atoms. The highest BCUT2D eigenvalue weighted by Crippen LogP contribution is 2.31. The molecule has 1 atom stereocenters. The molecular weight excluding hydrogens is 268 g/mol. The molecule has 1 saturated heterocycles. The average molecular weight is 300 g/mol. The van der Waals surface area contributed by atoms with E-state index in [4.69, 9.17) is 9.47 Å². The Balaban J connectivity index is 2.22. The molecule has 0 aliphatic carbocycles. The van der Waals surface area contributed by atoms with Crippen molar-refractivity contribution in [3.8, 4) is 0 Å². The molecule has 124 valence electrons. The van der Waals surface area contributed by atoms with E-state index in [1.54, 1.807) is 0 Å². The maximum Gasteiger partial charge on any atom is 0.407 e. The highest BCUT2D eigenvalue weighted by atomic mass is 16.6. The van der Waals surface area contributed by atoms with Gasteiger partial charge in [-0.15, -0.1) is 0 Å². The van der Waals surface area contributed by atoms with Crippen molar-refractivity contribution in [3.05, 3.63) is 0 Å². The number of alkyl carbamates (subject to hydrolysis) is 1. The first-order chi connectivity index (χ1) is 9.80. The molecule has 0 radical (unpaired) electrons. The zero-order chi connectivity index (χ0) is 15.9. The van der Waals surface area contributed by atoms with Crippen LogP contribution in [0.15, 0.2) is 0 Å². The van der Waals surface area contributed by atoms with Crippen LogP contribution >= 0.6 is 0 Å². The van der Waals surface area contributed by atoms with Crippen molar-refractivity contribution in [2.45, 2.75) is 77.5 Å². The molecule has 1 rings (SSSR count). The van der Waals surface area contributed by atoms with Gasteiger partial charge in [-0.25, -0.2) is 4.79 Å². The minimum absolute atomic E-state index is 0.0362. The van der Waals surface area contributed by atoms with Gasteiger partial charge in [0.05, 0.1) is 5.60 Å². The van der Waals surface area contributed by atoms with Crippen molar-refractivity contribution in [1.29, 1.82) is 0 Å². The summed E-state index contributed by atoms with van der Waals surface area (Å²) >= 11 is 0. The normalized spacial score (nSPS) is 21.9. The van der Waals surface area contributed by atoms with Crippen molar-refractivity contribution in [1.82, 2.24) is 10.6 Å². The number of carbonyl (C=O) groups is 1. The van der Waals surface area contributed by atoms with Gasteiger partial charge in [-0.1, -0.05) is 13.8 Å². The lowest BCUT2D eigenvalue weighted by atomic mass is 9.86. The van der Waals surface area contributed by atoms with E-state index in [1.807, 2.05) is 20.8 Å². The van der Waals surface area contributed by atoms with E-state index in [1.165, 1.54) is 0 Å². The summed E-state index contributed by atoms with van der Waals surface area (Å²) in [6, 6.07) is 0.471. The Bertz CT molecular complexity index is 322. The summed E-state index contributed by atoms with van der Waals surface area (Å²) in [5.74, 6) is 0. The molecule has 1 aliphatic rings. The van der Waals surface area contributed by atoms with E-state index >= 15 is 0 Å². The fourth-order valence-electron chi connectivity index (χ4n) is 2.70. The molecule has 0 spiro atoms. The molecule has 5 nitrogen and oxygen atoms in total. The molecule has 21 heavy (non-hydrogen) atoms. The summed E-state index contributed by atoms with van der Waals surface area (Å²) < 4.78 is 11.2. The van der Waals surface area contributed by atoms with Gasteiger partial charge < -0.3 is 20.1 Å². The van der Waals surface area contributed by atoms with Gasteiger partial charge in [0.15, 0.2) is 0 Å². The van der Waals surface area contributed by atoms with Crippen LogP contribution < -0.4 is 10.6 Å². The molecule has 1 heterocycles. The Morgan fingerprint density at radius 1 is 1.29 bits per heavy atom. The van der Waals surface area contributed by atoms with Gasteiger partial charge in [-0.05, 0) is 46.5 Å². The maximum absolute atomic E-state index is 11.5. The minimum Gasteiger partial charge on any atom is -0.444 e. The Morgan fingerprint density at radius 3 is 2.52 bits per heavy atom. The third-order valence-corrected chi connectivity index (χ3v) is 4.01. The van der Waals surface area contributed by atoms with Crippen molar-refractivity contribution < 1.29 is 14.3 Å². The zero-order valence-electron chi connectivity index (χ0n) is 14.3. The molecule has 2 N–H and O–H groups in total. The quantitative estimate of drug-likeness (QED) is 0.741. The lowest BCUT2D eigenvalue weighted by molar-refractivity contribution is -0.0929. The molecule has 1 aliphatic heterocycles. The molecular formula is C16H32N2O3. The predicted molar refractivity (Wildman–Crippen MR) is 84.5 cm³/mol. The summed E-state index contributed by atoms with van der Waals surface area (Å²) in [4.78, 5) is 11.5. The number of nitrogens with one attached hydrogen (secondary N) is 2. The zero-order valence-corrected chi connectivity index (χ0v) is 14.3. The second-order valence-corrected chi connectivity index (χ2v) is 6.81. The van der Waals surface area contributed by atoms with Gasteiger partial charge in [0.2, 0.25) is 0 Å². The molecule has 1 unspecified atom stereocenters. The van der Waals surface area contributed by atoms with E-state index in [-0.39, 0.29) is 11.7 Å². The van der Waals surface area contributed by atoms with Gasteiger partial charge in [-0.2, -0.15) is 0 Å². The maximum atomic E-state index is 11.5. The fourth-order valence-corrected chi connectivity index (χ4v) is 2.70. The topological polar surface area (TPSA) is 59.6 Å². The van der Waals surface area contributed by atoms with Gasteiger partial charge in [0.25, 0.3) is 0 Å². The molecule has 0 aromatic heterocycles. The van der Waals surface area contributed by atoms with Gasteiger partial charge in [0, 0.05) is 25.7 Å². The largest absolute Gasteiger partial charge is 0.444 e. The Kier molecular flexibility index (Phi) is 6.94. The first-order valence-electron chi connectivity index (χ1n) is 8.14. The summed E-state index contributed by atoms with van der Waals surface area (Å²) in [5.41, 5.74) is -0.408. The number of carbonyl (C=O) groups excluding carboxylic acids is 1. The van der Waals surface area contributed by atoms with Crippen LogP contribution in [0.1, 0.15) is 60.3 Å². The summed E-state index contributed by atoms with van der Waals surface area (Å²) in [6.07, 6.45) is 3.84. The summed E-state index contributed by atoms with van der Waals surface area (Å²) in [7, 11) is 0. The van der Waals surface area contributed by atoms with E-state index < -0.39 is 5.60 Å². The third-order valence-electron chi connectivity index (χ3n) is 4.01. The number of hydrogen-bond acceptors (Lipinski definition) is 4. The lowest BCUT2D eigenvalue weighted by Gasteiger charge is -2.40. The van der Waals surface area contributed by atoms with E-state index in [9.17, 15) is 4.79 Å². The van der Waals surface area contributed by atoms with Crippen molar-refractivity contribution >= 4 is 6.09 Å². The average Bonchev–Trinajstić information content (AvgIpc) is 2.42. The van der Waals surface area contributed by atoms with Crippen molar-refractivity contribution in [2.75, 3.05) is 19.7 Å². The lowest BCUT2D eigenvalue weighted by Crippen LogP contribution is -2.48. The van der Waals surface area contributed by atoms with Crippen LogP contribution in [0.5, 0.6) is 0 Å². The van der Waals surface area contributed by atoms with Gasteiger partial charge in [-0.3, -0.25) is 0 Å². The van der Waals surface area contributed by atoms with Crippen LogP contribution in [-0.2, 0) is 9.47 Å². The van der Waals surface area contributed by atoms with Gasteiger partial charge >= 0.3 is 6.09 Å². The second-order valence-electron chi connectivity index (χ2n) is 6.81.